The number of nitriles is 1. The molecule has 7 nitrogen and oxygen atoms in total. The molecule has 2 aromatic carbocycles. The van der Waals surface area contributed by atoms with Crippen molar-refractivity contribution in [2.75, 3.05) is 20.0 Å². The summed E-state index contributed by atoms with van der Waals surface area (Å²) in [6, 6.07) is 14.9. The molecule has 0 aliphatic heterocycles. The normalized spacial score (nSPS) is 10.9. The number of nitrogens with one attached hydrogen (secondary N) is 1. The minimum absolute atomic E-state index is 0.174. The van der Waals surface area contributed by atoms with E-state index in [0.29, 0.717) is 33.4 Å². The van der Waals surface area contributed by atoms with Crippen molar-refractivity contribution in [3.63, 3.8) is 0 Å². The van der Waals surface area contributed by atoms with Crippen LogP contribution in [-0.2, 0) is 0 Å². The lowest BCUT2D eigenvalue weighted by atomic mass is 10.2. The van der Waals surface area contributed by atoms with E-state index in [4.69, 9.17) is 19.7 Å². The van der Waals surface area contributed by atoms with Gasteiger partial charge in [-0.25, -0.2) is 4.98 Å². The zero-order valence-corrected chi connectivity index (χ0v) is 16.0. The van der Waals surface area contributed by atoms with Crippen molar-refractivity contribution >= 4 is 33.7 Å². The molecule has 0 bridgehead atoms. The second kappa shape index (κ2) is 7.29. The highest BCUT2D eigenvalue weighted by molar-refractivity contribution is 7.99. The van der Waals surface area contributed by atoms with Crippen molar-refractivity contribution < 1.29 is 9.47 Å². The van der Waals surface area contributed by atoms with E-state index < -0.39 is 0 Å². The number of benzene rings is 2. The number of aromatic nitrogens is 3. The molecule has 0 aliphatic carbocycles. The molecule has 0 radical (unpaired) electrons. The number of H-pyrrole nitrogens is 1. The van der Waals surface area contributed by atoms with Gasteiger partial charge in [-0.05, 0) is 18.2 Å². The highest BCUT2D eigenvalue weighted by atomic mass is 32.2. The first-order valence-corrected chi connectivity index (χ1v) is 9.42. The first-order valence-electron chi connectivity index (χ1n) is 8.43. The van der Waals surface area contributed by atoms with Gasteiger partial charge in [0, 0.05) is 17.0 Å². The summed E-state index contributed by atoms with van der Waals surface area (Å²) in [5, 5.41) is 10.3. The van der Waals surface area contributed by atoms with E-state index in [2.05, 4.69) is 11.1 Å². The van der Waals surface area contributed by atoms with Crippen molar-refractivity contribution in [2.45, 2.75) is 5.16 Å². The molecule has 0 amide bonds. The molecule has 1 N–H and O–H groups in total. The van der Waals surface area contributed by atoms with Crippen molar-refractivity contribution in [2.24, 2.45) is 0 Å². The maximum absolute atomic E-state index is 13.4. The van der Waals surface area contributed by atoms with E-state index in [1.807, 2.05) is 24.3 Å². The topological polar surface area (TPSA) is 92.9 Å². The molecule has 0 saturated carbocycles. The van der Waals surface area contributed by atoms with Gasteiger partial charge in [0.1, 0.15) is 11.0 Å². The number of hydrogen-bond acceptors (Lipinski definition) is 6. The smallest absolute Gasteiger partial charge is 0.283 e. The Morgan fingerprint density at radius 2 is 1.96 bits per heavy atom. The lowest BCUT2D eigenvalue weighted by Crippen LogP contribution is -2.22. The van der Waals surface area contributed by atoms with E-state index in [1.54, 1.807) is 25.3 Å². The molecule has 140 valence electrons. The zero-order valence-electron chi connectivity index (χ0n) is 15.2. The minimum Gasteiger partial charge on any atom is -0.493 e. The van der Waals surface area contributed by atoms with Crippen LogP contribution < -0.4 is 15.0 Å². The Hall–Kier alpha value is -3.44. The standard InChI is InChI=1S/C20H16N4O3S/c1-26-15-8-7-12(11-16(15)27-2)24-19(25)18-17(23-20(24)28-10-9-21)13-5-3-4-6-14(13)22-18/h3-8,11,22H,10H2,1-2H3. The lowest BCUT2D eigenvalue weighted by Gasteiger charge is -2.14. The fourth-order valence-corrected chi connectivity index (χ4v) is 3.79. The van der Waals surface area contributed by atoms with Crippen LogP contribution in [0.2, 0.25) is 0 Å². The van der Waals surface area contributed by atoms with E-state index in [0.717, 1.165) is 10.9 Å². The van der Waals surface area contributed by atoms with Gasteiger partial charge in [0.15, 0.2) is 16.7 Å². The van der Waals surface area contributed by atoms with Crippen LogP contribution in [0.1, 0.15) is 0 Å². The third kappa shape index (κ3) is 2.86. The molecule has 28 heavy (non-hydrogen) atoms. The zero-order chi connectivity index (χ0) is 19.7. The quantitative estimate of drug-likeness (QED) is 0.413. The molecule has 0 fully saturated rings. The third-order valence-corrected chi connectivity index (χ3v) is 5.19. The molecule has 8 heteroatoms. The van der Waals surface area contributed by atoms with Gasteiger partial charge < -0.3 is 14.5 Å². The predicted molar refractivity (Wildman–Crippen MR) is 109 cm³/mol. The predicted octanol–water partition coefficient (Wildman–Crippen LogP) is 3.50. The van der Waals surface area contributed by atoms with Crippen molar-refractivity contribution in [3.8, 4) is 23.3 Å². The van der Waals surface area contributed by atoms with E-state index in [-0.39, 0.29) is 11.3 Å². The molecule has 4 rings (SSSR count). The van der Waals surface area contributed by atoms with Gasteiger partial charge in [-0.2, -0.15) is 5.26 Å². The number of para-hydroxylation sites is 1. The summed E-state index contributed by atoms with van der Waals surface area (Å²) in [6.07, 6.45) is 0. The summed E-state index contributed by atoms with van der Waals surface area (Å²) in [4.78, 5) is 21.2. The number of rotatable bonds is 5. The van der Waals surface area contributed by atoms with Gasteiger partial charge in [-0.3, -0.25) is 9.36 Å². The maximum atomic E-state index is 13.4. The van der Waals surface area contributed by atoms with Crippen LogP contribution in [0.3, 0.4) is 0 Å². The van der Waals surface area contributed by atoms with Crippen molar-refractivity contribution in [3.05, 3.63) is 52.8 Å². The van der Waals surface area contributed by atoms with Crippen LogP contribution in [0.4, 0.5) is 0 Å². The molecule has 0 spiro atoms. The Balaban J connectivity index is 2.04. The van der Waals surface area contributed by atoms with Crippen LogP contribution >= 0.6 is 11.8 Å². The molecular weight excluding hydrogens is 376 g/mol. The van der Waals surface area contributed by atoms with Gasteiger partial charge in [0.05, 0.1) is 31.7 Å². The number of hydrogen-bond donors (Lipinski definition) is 1. The monoisotopic (exact) mass is 392 g/mol. The third-order valence-electron chi connectivity index (χ3n) is 4.39. The Labute approximate surface area is 164 Å². The highest BCUT2D eigenvalue weighted by Gasteiger charge is 2.18. The molecule has 0 atom stereocenters. The summed E-state index contributed by atoms with van der Waals surface area (Å²) in [5.41, 5.74) is 2.18. The average Bonchev–Trinajstić information content (AvgIpc) is 3.11. The van der Waals surface area contributed by atoms with E-state index in [1.165, 1.54) is 23.4 Å². The fraction of sp³-hybridized carbons (Fsp3) is 0.150. The maximum Gasteiger partial charge on any atom is 0.283 e. The van der Waals surface area contributed by atoms with E-state index in [9.17, 15) is 4.79 Å². The summed E-state index contributed by atoms with van der Waals surface area (Å²) in [6.45, 7) is 0. The van der Waals surface area contributed by atoms with E-state index >= 15 is 0 Å². The first kappa shape index (κ1) is 17.9. The second-order valence-electron chi connectivity index (χ2n) is 5.92. The Kier molecular flexibility index (Phi) is 4.67. The molecule has 4 aromatic rings. The number of ether oxygens (including phenoxy) is 2. The van der Waals surface area contributed by atoms with Crippen molar-refractivity contribution in [1.82, 2.24) is 14.5 Å². The van der Waals surface area contributed by atoms with Gasteiger partial charge in [0.2, 0.25) is 0 Å². The molecular formula is C20H16N4O3S. The van der Waals surface area contributed by atoms with Crippen LogP contribution in [-0.4, -0.2) is 34.5 Å². The van der Waals surface area contributed by atoms with Gasteiger partial charge >= 0.3 is 0 Å². The number of thioether (sulfide) groups is 1. The number of aromatic amines is 1. The van der Waals surface area contributed by atoms with Crippen LogP contribution in [0, 0.1) is 11.3 Å². The molecule has 2 aromatic heterocycles. The summed E-state index contributed by atoms with van der Waals surface area (Å²) in [7, 11) is 3.09. The summed E-state index contributed by atoms with van der Waals surface area (Å²) in [5.74, 6) is 1.23. The second-order valence-corrected chi connectivity index (χ2v) is 6.86. The number of nitrogens with zero attached hydrogens (tertiary/aromatic N) is 3. The van der Waals surface area contributed by atoms with Gasteiger partial charge in [-0.1, -0.05) is 30.0 Å². The Bertz CT molecular complexity index is 1290. The number of fused-ring (bicyclic) bond motifs is 3. The summed E-state index contributed by atoms with van der Waals surface area (Å²) >= 11 is 1.21. The highest BCUT2D eigenvalue weighted by Crippen LogP contribution is 2.31. The van der Waals surface area contributed by atoms with Crippen LogP contribution in [0.25, 0.3) is 27.6 Å². The minimum atomic E-state index is -0.242. The Morgan fingerprint density at radius 3 is 2.71 bits per heavy atom. The van der Waals surface area contributed by atoms with Gasteiger partial charge in [0.25, 0.3) is 5.56 Å². The van der Waals surface area contributed by atoms with Crippen molar-refractivity contribution in [1.29, 1.82) is 5.26 Å². The molecule has 2 heterocycles. The van der Waals surface area contributed by atoms with Crippen LogP contribution in [0.5, 0.6) is 11.5 Å². The molecule has 0 aliphatic rings. The largest absolute Gasteiger partial charge is 0.493 e. The molecule has 0 unspecified atom stereocenters. The average molecular weight is 392 g/mol. The lowest BCUT2D eigenvalue weighted by molar-refractivity contribution is 0.354. The Morgan fingerprint density at radius 1 is 1.18 bits per heavy atom. The number of methoxy groups -OCH3 is 2. The summed E-state index contributed by atoms with van der Waals surface area (Å²) < 4.78 is 12.1. The fourth-order valence-electron chi connectivity index (χ4n) is 3.13. The van der Waals surface area contributed by atoms with Crippen LogP contribution in [0.15, 0.2) is 52.4 Å². The molecule has 0 saturated heterocycles. The van der Waals surface area contributed by atoms with Gasteiger partial charge in [-0.15, -0.1) is 0 Å². The first-order chi connectivity index (χ1) is 13.7. The SMILES string of the molecule is COc1ccc(-n2c(SCC#N)nc3c([nH]c4ccccc43)c2=O)cc1OC.